The first-order valence-corrected chi connectivity index (χ1v) is 5.71. The molecular weight excluding hydrogens is 240 g/mol. The molecule has 0 fully saturated rings. The summed E-state index contributed by atoms with van der Waals surface area (Å²) >= 11 is 3.37. The Morgan fingerprint density at radius 1 is 1.50 bits per heavy atom. The summed E-state index contributed by atoms with van der Waals surface area (Å²) in [5.41, 5.74) is 1.22. The molecule has 0 saturated carbocycles. The van der Waals surface area contributed by atoms with E-state index >= 15 is 0 Å². The maximum absolute atomic E-state index is 4.24. The zero-order chi connectivity index (χ0) is 9.97. The monoisotopic (exact) mass is 252 g/mol. The molecule has 0 saturated heterocycles. The third kappa shape index (κ3) is 1.82. The molecule has 0 unspecified atom stereocenters. The van der Waals surface area contributed by atoms with Crippen LogP contribution >= 0.6 is 15.9 Å². The lowest BCUT2D eigenvalue weighted by atomic mass is 10.3. The van der Waals surface area contributed by atoms with Crippen molar-refractivity contribution in [3.05, 3.63) is 29.1 Å². The number of pyridine rings is 1. The van der Waals surface area contributed by atoms with E-state index in [0.29, 0.717) is 0 Å². The number of halogens is 1. The van der Waals surface area contributed by atoms with Gasteiger partial charge in [-0.05, 0) is 34.5 Å². The molecule has 0 aromatic carbocycles. The second-order valence-electron chi connectivity index (χ2n) is 3.43. The molecule has 0 bridgehead atoms. The van der Waals surface area contributed by atoms with Crippen LogP contribution in [0.25, 0.3) is 10.9 Å². The summed E-state index contributed by atoms with van der Waals surface area (Å²) in [6.45, 7) is 3.30. The Kier molecular flexibility index (Phi) is 2.87. The first-order valence-electron chi connectivity index (χ1n) is 4.91. The molecule has 0 radical (unpaired) electrons. The quantitative estimate of drug-likeness (QED) is 0.764. The highest BCUT2D eigenvalue weighted by molar-refractivity contribution is 9.10. The molecule has 3 heteroatoms. The van der Waals surface area contributed by atoms with Crippen molar-refractivity contribution in [1.29, 1.82) is 0 Å². The van der Waals surface area contributed by atoms with Gasteiger partial charge < -0.3 is 4.57 Å². The SMILES string of the molecule is CCCCn1ccc2cc(Br)ncc21. The summed E-state index contributed by atoms with van der Waals surface area (Å²) in [5, 5.41) is 1.25. The number of unbranched alkanes of at least 4 members (excludes halogenated alkanes) is 1. The van der Waals surface area contributed by atoms with Crippen molar-refractivity contribution in [2.75, 3.05) is 0 Å². The van der Waals surface area contributed by atoms with Gasteiger partial charge in [0.2, 0.25) is 0 Å². The Bertz CT molecular complexity index is 434. The van der Waals surface area contributed by atoms with Crippen molar-refractivity contribution in [1.82, 2.24) is 9.55 Å². The number of fused-ring (bicyclic) bond motifs is 1. The fraction of sp³-hybridized carbons (Fsp3) is 0.364. The number of nitrogens with zero attached hydrogens (tertiary/aromatic N) is 2. The van der Waals surface area contributed by atoms with Crippen LogP contribution < -0.4 is 0 Å². The molecule has 2 heterocycles. The van der Waals surface area contributed by atoms with E-state index < -0.39 is 0 Å². The van der Waals surface area contributed by atoms with Crippen molar-refractivity contribution in [2.24, 2.45) is 0 Å². The first-order chi connectivity index (χ1) is 6.81. The molecule has 2 nitrogen and oxygen atoms in total. The van der Waals surface area contributed by atoms with Gasteiger partial charge in [0.1, 0.15) is 4.60 Å². The number of hydrogen-bond acceptors (Lipinski definition) is 1. The second kappa shape index (κ2) is 4.13. The fourth-order valence-corrected chi connectivity index (χ4v) is 1.93. The number of rotatable bonds is 3. The van der Waals surface area contributed by atoms with Crippen molar-refractivity contribution in [3.8, 4) is 0 Å². The summed E-state index contributed by atoms with van der Waals surface area (Å²) in [6, 6.07) is 4.19. The van der Waals surface area contributed by atoms with E-state index in [9.17, 15) is 0 Å². The Labute approximate surface area is 92.1 Å². The largest absolute Gasteiger partial charge is 0.346 e. The highest BCUT2D eigenvalue weighted by Crippen LogP contribution is 2.18. The smallest absolute Gasteiger partial charge is 0.106 e. The van der Waals surface area contributed by atoms with Crippen LogP contribution in [0.2, 0.25) is 0 Å². The number of aryl methyl sites for hydroxylation is 1. The molecule has 0 atom stereocenters. The summed E-state index contributed by atoms with van der Waals surface area (Å²) in [7, 11) is 0. The van der Waals surface area contributed by atoms with Crippen LogP contribution in [0.1, 0.15) is 19.8 Å². The van der Waals surface area contributed by atoms with Gasteiger partial charge in [-0.25, -0.2) is 4.98 Å². The van der Waals surface area contributed by atoms with E-state index in [2.05, 4.69) is 50.7 Å². The van der Waals surface area contributed by atoms with Crippen LogP contribution in [-0.2, 0) is 6.54 Å². The van der Waals surface area contributed by atoms with E-state index in [1.54, 1.807) is 0 Å². The summed E-state index contributed by atoms with van der Waals surface area (Å²) in [4.78, 5) is 4.24. The second-order valence-corrected chi connectivity index (χ2v) is 4.24. The number of hydrogen-bond donors (Lipinski definition) is 0. The predicted octanol–water partition coefficient (Wildman–Crippen LogP) is 3.60. The third-order valence-corrected chi connectivity index (χ3v) is 2.81. The molecule has 0 aliphatic heterocycles. The lowest BCUT2D eigenvalue weighted by molar-refractivity contribution is 0.649. The average molecular weight is 253 g/mol. The van der Waals surface area contributed by atoms with Crippen molar-refractivity contribution < 1.29 is 0 Å². The molecule has 2 aromatic rings. The minimum Gasteiger partial charge on any atom is -0.346 e. The fourth-order valence-electron chi connectivity index (χ4n) is 1.58. The zero-order valence-electron chi connectivity index (χ0n) is 8.20. The standard InChI is InChI=1S/C11H13BrN2/c1-2-3-5-14-6-4-9-7-11(12)13-8-10(9)14/h4,6-8H,2-3,5H2,1H3. The van der Waals surface area contributed by atoms with Crippen LogP contribution in [-0.4, -0.2) is 9.55 Å². The Morgan fingerprint density at radius 3 is 3.14 bits per heavy atom. The van der Waals surface area contributed by atoms with E-state index in [0.717, 1.165) is 11.1 Å². The highest BCUT2D eigenvalue weighted by Gasteiger charge is 2.01. The van der Waals surface area contributed by atoms with Gasteiger partial charge in [-0.3, -0.25) is 0 Å². The Balaban J connectivity index is 2.37. The molecule has 74 valence electrons. The summed E-state index contributed by atoms with van der Waals surface area (Å²) in [6.07, 6.45) is 6.51. The molecule has 14 heavy (non-hydrogen) atoms. The van der Waals surface area contributed by atoms with Gasteiger partial charge in [0.25, 0.3) is 0 Å². The summed E-state index contributed by atoms with van der Waals surface area (Å²) in [5.74, 6) is 0. The normalized spacial score (nSPS) is 11.0. The van der Waals surface area contributed by atoms with Gasteiger partial charge in [-0.2, -0.15) is 0 Å². The van der Waals surface area contributed by atoms with Crippen molar-refractivity contribution >= 4 is 26.8 Å². The number of aromatic nitrogens is 2. The predicted molar refractivity (Wildman–Crippen MR) is 62.3 cm³/mol. The van der Waals surface area contributed by atoms with Gasteiger partial charge in [0.05, 0.1) is 11.7 Å². The topological polar surface area (TPSA) is 17.8 Å². The molecule has 0 N–H and O–H groups in total. The first kappa shape index (κ1) is 9.71. The van der Waals surface area contributed by atoms with Crippen molar-refractivity contribution in [3.63, 3.8) is 0 Å². The zero-order valence-corrected chi connectivity index (χ0v) is 9.79. The lowest BCUT2D eigenvalue weighted by Gasteiger charge is -2.03. The van der Waals surface area contributed by atoms with Gasteiger partial charge in [0, 0.05) is 18.1 Å². The van der Waals surface area contributed by atoms with Gasteiger partial charge in [0.15, 0.2) is 0 Å². The average Bonchev–Trinajstić information content (AvgIpc) is 2.57. The molecule has 2 rings (SSSR count). The lowest BCUT2D eigenvalue weighted by Crippen LogP contribution is -1.95. The molecule has 2 aromatic heterocycles. The van der Waals surface area contributed by atoms with Crippen LogP contribution in [0.4, 0.5) is 0 Å². The maximum atomic E-state index is 4.24. The van der Waals surface area contributed by atoms with Crippen LogP contribution in [0, 0.1) is 0 Å². The van der Waals surface area contributed by atoms with E-state index in [-0.39, 0.29) is 0 Å². The molecule has 0 spiro atoms. The molecule has 0 aliphatic rings. The van der Waals surface area contributed by atoms with E-state index in [1.807, 2.05) is 6.20 Å². The Morgan fingerprint density at radius 2 is 2.36 bits per heavy atom. The van der Waals surface area contributed by atoms with E-state index in [1.165, 1.54) is 23.7 Å². The minimum absolute atomic E-state index is 0.901. The van der Waals surface area contributed by atoms with Crippen LogP contribution in [0.5, 0.6) is 0 Å². The minimum atomic E-state index is 0.901. The highest BCUT2D eigenvalue weighted by atomic mass is 79.9. The molecular formula is C11H13BrN2. The summed E-state index contributed by atoms with van der Waals surface area (Å²) < 4.78 is 3.16. The van der Waals surface area contributed by atoms with E-state index in [4.69, 9.17) is 0 Å². The molecule has 0 aliphatic carbocycles. The van der Waals surface area contributed by atoms with Gasteiger partial charge >= 0.3 is 0 Å². The third-order valence-electron chi connectivity index (χ3n) is 2.38. The van der Waals surface area contributed by atoms with Crippen molar-refractivity contribution in [2.45, 2.75) is 26.3 Å². The Hall–Kier alpha value is -0.830. The van der Waals surface area contributed by atoms with Gasteiger partial charge in [-0.1, -0.05) is 13.3 Å². The van der Waals surface area contributed by atoms with Crippen LogP contribution in [0.15, 0.2) is 29.1 Å². The van der Waals surface area contributed by atoms with Crippen LogP contribution in [0.3, 0.4) is 0 Å². The maximum Gasteiger partial charge on any atom is 0.106 e. The van der Waals surface area contributed by atoms with Gasteiger partial charge in [-0.15, -0.1) is 0 Å². The molecule has 0 amide bonds.